The van der Waals surface area contributed by atoms with E-state index in [1.165, 1.54) is 75.8 Å². The van der Waals surface area contributed by atoms with E-state index in [-0.39, 0.29) is 0 Å². The van der Waals surface area contributed by atoms with Crippen LogP contribution in [0.15, 0.2) is 140 Å². The molecule has 0 aliphatic heterocycles. The van der Waals surface area contributed by atoms with Crippen LogP contribution in [0, 0.1) is 0 Å². The van der Waals surface area contributed by atoms with Crippen molar-refractivity contribution in [2.24, 2.45) is 0 Å². The number of imidazole rings is 1. The molecule has 0 saturated heterocycles. The summed E-state index contributed by atoms with van der Waals surface area (Å²) < 4.78 is 1.96. The molecule has 8 aromatic carbocycles. The monoisotopic (exact) mass is 545 g/mol. The quantitative estimate of drug-likeness (QED) is 0.202. The van der Waals surface area contributed by atoms with E-state index in [1.807, 2.05) is 22.9 Å². The maximum absolute atomic E-state index is 4.72. The number of aromatic nitrogens is 3. The molecule has 10 rings (SSSR count). The van der Waals surface area contributed by atoms with Crippen LogP contribution in [0.25, 0.3) is 92.8 Å². The van der Waals surface area contributed by atoms with Crippen molar-refractivity contribution in [2.75, 3.05) is 0 Å². The molecule has 198 valence electrons. The molecule has 0 bridgehead atoms. The number of hydrogen-bond acceptors (Lipinski definition) is 2. The van der Waals surface area contributed by atoms with Gasteiger partial charge in [0.2, 0.25) is 5.78 Å². The van der Waals surface area contributed by atoms with Crippen LogP contribution in [0.5, 0.6) is 0 Å². The normalized spacial score (nSPS) is 12.2. The van der Waals surface area contributed by atoms with E-state index >= 15 is 0 Å². The summed E-state index contributed by atoms with van der Waals surface area (Å²) in [6, 6.07) is 44.8. The average Bonchev–Trinajstić information content (AvgIpc) is 3.51. The lowest BCUT2D eigenvalue weighted by Crippen LogP contribution is -1.89. The molecule has 3 nitrogen and oxygen atoms in total. The van der Waals surface area contributed by atoms with Gasteiger partial charge in [-0.3, -0.25) is 4.40 Å². The molecule has 0 atom stereocenters. The third kappa shape index (κ3) is 3.19. The van der Waals surface area contributed by atoms with E-state index in [9.17, 15) is 0 Å². The molecule has 0 fully saturated rings. The van der Waals surface area contributed by atoms with Crippen molar-refractivity contribution in [1.82, 2.24) is 14.4 Å². The summed E-state index contributed by atoms with van der Waals surface area (Å²) in [5, 5.41) is 15.6. The molecule has 43 heavy (non-hydrogen) atoms. The fourth-order valence-corrected chi connectivity index (χ4v) is 7.25. The van der Waals surface area contributed by atoms with Crippen molar-refractivity contribution >= 4 is 70.4 Å². The second-order valence-electron chi connectivity index (χ2n) is 11.5. The second-order valence-corrected chi connectivity index (χ2v) is 11.5. The highest BCUT2D eigenvalue weighted by molar-refractivity contribution is 6.37. The molecule has 0 spiro atoms. The van der Waals surface area contributed by atoms with Crippen LogP contribution in [0.3, 0.4) is 0 Å². The maximum Gasteiger partial charge on any atom is 0.234 e. The predicted octanol–water partition coefficient (Wildman–Crippen LogP) is 10.4. The second kappa shape index (κ2) is 8.37. The summed E-state index contributed by atoms with van der Waals surface area (Å²) in [4.78, 5) is 9.10. The molecule has 0 N–H and O–H groups in total. The van der Waals surface area contributed by atoms with Crippen LogP contribution in [0.4, 0.5) is 0 Å². The SMILES string of the molecule is c1cc2ccc3cccc4c5cc(-c6ccc(-c7cn8cccnc8n7)cc6)cc6ccc7cccc(c(c1)c2c34)c7c65. The van der Waals surface area contributed by atoms with Gasteiger partial charge in [0.1, 0.15) is 0 Å². The minimum Gasteiger partial charge on any atom is -0.291 e. The Hall–Kier alpha value is -5.80. The van der Waals surface area contributed by atoms with Crippen LogP contribution in [0.2, 0.25) is 0 Å². The smallest absolute Gasteiger partial charge is 0.234 e. The zero-order valence-corrected chi connectivity index (χ0v) is 23.1. The number of nitrogens with zero attached hydrogens (tertiary/aromatic N) is 3. The largest absolute Gasteiger partial charge is 0.291 e. The first-order valence-corrected chi connectivity index (χ1v) is 14.7. The van der Waals surface area contributed by atoms with Crippen LogP contribution >= 0.6 is 0 Å². The van der Waals surface area contributed by atoms with E-state index in [1.54, 1.807) is 6.20 Å². The highest BCUT2D eigenvalue weighted by Gasteiger charge is 2.16. The standard InChI is InChI=1S/C40H23N3/c1-5-26-15-16-27-7-3-10-33-34-22-30(24-11-13-25(14-12-24)35-23-43-20-4-19-41-40(43)42-35)21-29-18-17-28-6-2-9-32(37(28)39(29)34)31(8-1)36(26)38(27)33/h1-23H. The van der Waals surface area contributed by atoms with Crippen molar-refractivity contribution in [3.8, 4) is 22.4 Å². The van der Waals surface area contributed by atoms with Gasteiger partial charge in [0.25, 0.3) is 0 Å². The van der Waals surface area contributed by atoms with Gasteiger partial charge in [-0.05, 0) is 94.0 Å². The Morgan fingerprint density at radius 1 is 0.442 bits per heavy atom. The lowest BCUT2D eigenvalue weighted by molar-refractivity contribution is 1.11. The summed E-state index contributed by atoms with van der Waals surface area (Å²) in [7, 11) is 0. The van der Waals surface area contributed by atoms with Crippen molar-refractivity contribution in [2.45, 2.75) is 0 Å². The van der Waals surface area contributed by atoms with Crippen LogP contribution in [-0.2, 0) is 0 Å². The van der Waals surface area contributed by atoms with Crippen molar-refractivity contribution in [3.05, 3.63) is 140 Å². The van der Waals surface area contributed by atoms with Crippen LogP contribution < -0.4 is 0 Å². The van der Waals surface area contributed by atoms with E-state index in [2.05, 4.69) is 120 Å². The molecular weight excluding hydrogens is 522 g/mol. The van der Waals surface area contributed by atoms with E-state index < -0.39 is 0 Å². The van der Waals surface area contributed by atoms with Gasteiger partial charge in [0.15, 0.2) is 0 Å². The topological polar surface area (TPSA) is 30.2 Å². The van der Waals surface area contributed by atoms with Crippen molar-refractivity contribution in [3.63, 3.8) is 0 Å². The minimum absolute atomic E-state index is 0.708. The Morgan fingerprint density at radius 3 is 1.63 bits per heavy atom. The molecular formula is C40H23N3. The zero-order chi connectivity index (χ0) is 28.1. The third-order valence-electron chi connectivity index (χ3n) is 9.17. The van der Waals surface area contributed by atoms with Crippen LogP contribution in [-0.4, -0.2) is 14.4 Å². The first kappa shape index (κ1) is 22.8. The van der Waals surface area contributed by atoms with Gasteiger partial charge in [-0.1, -0.05) is 103 Å². The Morgan fingerprint density at radius 2 is 1.00 bits per heavy atom. The van der Waals surface area contributed by atoms with Gasteiger partial charge >= 0.3 is 0 Å². The number of benzene rings is 7. The van der Waals surface area contributed by atoms with E-state index in [4.69, 9.17) is 4.98 Å². The average molecular weight is 546 g/mol. The van der Waals surface area contributed by atoms with Gasteiger partial charge in [-0.25, -0.2) is 9.97 Å². The maximum atomic E-state index is 4.72. The lowest BCUT2D eigenvalue weighted by atomic mass is 9.86. The summed E-state index contributed by atoms with van der Waals surface area (Å²) in [5.41, 5.74) is 4.39. The Balaban J connectivity index is 1.31. The molecule has 0 amide bonds. The van der Waals surface area contributed by atoms with Crippen LogP contribution in [0.1, 0.15) is 0 Å². The van der Waals surface area contributed by atoms with Gasteiger partial charge < -0.3 is 0 Å². The molecule has 10 aromatic rings. The third-order valence-corrected chi connectivity index (χ3v) is 9.17. The molecule has 0 radical (unpaired) electrons. The van der Waals surface area contributed by atoms with Crippen molar-refractivity contribution in [1.29, 1.82) is 0 Å². The predicted molar refractivity (Wildman–Crippen MR) is 180 cm³/mol. The fourth-order valence-electron chi connectivity index (χ4n) is 7.25. The molecule has 0 aliphatic carbocycles. The first-order chi connectivity index (χ1) is 21.3. The van der Waals surface area contributed by atoms with Gasteiger partial charge in [-0.2, -0.15) is 0 Å². The van der Waals surface area contributed by atoms with Gasteiger partial charge in [0.05, 0.1) is 5.69 Å². The highest BCUT2D eigenvalue weighted by Crippen LogP contribution is 2.44. The zero-order valence-electron chi connectivity index (χ0n) is 23.1. The fraction of sp³-hybridized carbons (Fsp3) is 0. The molecule has 2 heterocycles. The van der Waals surface area contributed by atoms with Gasteiger partial charge in [-0.15, -0.1) is 0 Å². The number of fused-ring (bicyclic) bond motifs is 3. The lowest BCUT2D eigenvalue weighted by Gasteiger charge is -2.17. The van der Waals surface area contributed by atoms with Gasteiger partial charge in [0, 0.05) is 24.2 Å². The molecule has 0 aliphatic rings. The Bertz CT molecular complexity index is 2680. The first-order valence-electron chi connectivity index (χ1n) is 14.7. The molecule has 3 heteroatoms. The summed E-state index contributed by atoms with van der Waals surface area (Å²) in [6.07, 6.45) is 5.79. The Kier molecular flexibility index (Phi) is 4.45. The summed E-state index contributed by atoms with van der Waals surface area (Å²) in [6.45, 7) is 0. The molecule has 0 saturated carbocycles. The summed E-state index contributed by atoms with van der Waals surface area (Å²) >= 11 is 0. The van der Waals surface area contributed by atoms with E-state index in [0.29, 0.717) is 5.78 Å². The number of rotatable bonds is 2. The Labute approximate surface area is 246 Å². The van der Waals surface area contributed by atoms with Crippen molar-refractivity contribution < 1.29 is 0 Å². The van der Waals surface area contributed by atoms with E-state index in [0.717, 1.165) is 11.3 Å². The minimum atomic E-state index is 0.708. The number of hydrogen-bond donors (Lipinski definition) is 0. The molecule has 2 aromatic heterocycles. The molecule has 0 unspecified atom stereocenters. The summed E-state index contributed by atoms with van der Waals surface area (Å²) in [5.74, 6) is 0.708. The highest BCUT2D eigenvalue weighted by atomic mass is 15.1.